The van der Waals surface area contributed by atoms with E-state index in [2.05, 4.69) is 97.2 Å². The SMILES string of the molecule is CC(C)c1ccc(CN2CCc3nc4cc(C5CCCN(Cc6ccc(C(C)C)cc6)C5)[nH]n4c(=O)c3C2)cc1. The van der Waals surface area contributed by atoms with Crippen LogP contribution in [-0.2, 0) is 26.1 Å². The second kappa shape index (κ2) is 11.3. The topological polar surface area (TPSA) is 56.6 Å². The summed E-state index contributed by atoms with van der Waals surface area (Å²) in [7, 11) is 0. The number of benzene rings is 2. The molecule has 1 fully saturated rings. The highest BCUT2D eigenvalue weighted by molar-refractivity contribution is 5.43. The number of hydrogen-bond acceptors (Lipinski definition) is 4. The van der Waals surface area contributed by atoms with E-state index in [0.29, 0.717) is 24.3 Å². The number of nitrogens with zero attached hydrogens (tertiary/aromatic N) is 4. The van der Waals surface area contributed by atoms with Crippen LogP contribution in [0.15, 0.2) is 59.4 Å². The average molecular weight is 538 g/mol. The lowest BCUT2D eigenvalue weighted by atomic mass is 9.94. The third kappa shape index (κ3) is 5.65. The zero-order chi connectivity index (χ0) is 27.8. The predicted octanol–water partition coefficient (Wildman–Crippen LogP) is 6.21. The van der Waals surface area contributed by atoms with Crippen molar-refractivity contribution in [3.63, 3.8) is 0 Å². The first kappa shape index (κ1) is 27.0. The van der Waals surface area contributed by atoms with Crippen LogP contribution in [0, 0.1) is 0 Å². The lowest BCUT2D eigenvalue weighted by Crippen LogP contribution is -2.36. The molecule has 40 heavy (non-hydrogen) atoms. The lowest BCUT2D eigenvalue weighted by molar-refractivity contribution is 0.198. The van der Waals surface area contributed by atoms with Crippen molar-refractivity contribution in [2.24, 2.45) is 0 Å². The normalized spacial score (nSPS) is 18.6. The van der Waals surface area contributed by atoms with E-state index in [0.717, 1.165) is 74.6 Å². The summed E-state index contributed by atoms with van der Waals surface area (Å²) in [5.41, 5.74) is 9.18. The number of nitrogens with one attached hydrogen (secondary N) is 1. The Kier molecular flexibility index (Phi) is 7.65. The number of aromatic nitrogens is 3. The Morgan fingerprint density at radius 3 is 2.12 bits per heavy atom. The first-order valence-corrected chi connectivity index (χ1v) is 15.1. The minimum absolute atomic E-state index is 0.0593. The molecule has 0 saturated carbocycles. The molecule has 0 aliphatic carbocycles. The van der Waals surface area contributed by atoms with Gasteiger partial charge in [0, 0.05) is 56.8 Å². The van der Waals surface area contributed by atoms with Crippen LogP contribution in [0.5, 0.6) is 0 Å². The summed E-state index contributed by atoms with van der Waals surface area (Å²) in [6.07, 6.45) is 3.11. The van der Waals surface area contributed by atoms with Crippen LogP contribution >= 0.6 is 0 Å². The van der Waals surface area contributed by atoms with Crippen molar-refractivity contribution in [1.29, 1.82) is 0 Å². The van der Waals surface area contributed by atoms with Crippen molar-refractivity contribution in [2.75, 3.05) is 19.6 Å². The number of piperidine rings is 1. The van der Waals surface area contributed by atoms with Crippen LogP contribution in [0.1, 0.15) is 97.5 Å². The minimum atomic E-state index is 0.0593. The molecule has 210 valence electrons. The summed E-state index contributed by atoms with van der Waals surface area (Å²) in [6, 6.07) is 20.1. The maximum atomic E-state index is 13.6. The number of hydrogen-bond donors (Lipinski definition) is 1. The molecular weight excluding hydrogens is 494 g/mol. The summed E-state index contributed by atoms with van der Waals surface area (Å²) < 4.78 is 1.69. The number of aromatic amines is 1. The fourth-order valence-electron chi connectivity index (χ4n) is 6.39. The summed E-state index contributed by atoms with van der Waals surface area (Å²) in [4.78, 5) is 23.5. The van der Waals surface area contributed by atoms with Gasteiger partial charge in [0.25, 0.3) is 5.56 Å². The molecule has 0 amide bonds. The number of likely N-dealkylation sites (tertiary alicyclic amines) is 1. The van der Waals surface area contributed by atoms with Gasteiger partial charge in [-0.25, -0.2) is 9.50 Å². The van der Waals surface area contributed by atoms with Crippen LogP contribution in [0.2, 0.25) is 0 Å². The van der Waals surface area contributed by atoms with Gasteiger partial charge in [-0.05, 0) is 53.5 Å². The predicted molar refractivity (Wildman–Crippen MR) is 162 cm³/mol. The highest BCUT2D eigenvalue weighted by Crippen LogP contribution is 2.28. The Hall–Kier alpha value is -3.22. The smallest absolute Gasteiger partial charge is 0.277 e. The molecule has 0 bridgehead atoms. The molecule has 1 atom stereocenters. The van der Waals surface area contributed by atoms with Crippen molar-refractivity contribution in [3.8, 4) is 0 Å². The largest absolute Gasteiger partial charge is 0.298 e. The first-order valence-electron chi connectivity index (χ1n) is 15.1. The van der Waals surface area contributed by atoms with E-state index in [9.17, 15) is 4.79 Å². The highest BCUT2D eigenvalue weighted by Gasteiger charge is 2.26. The molecule has 2 aromatic carbocycles. The molecule has 0 radical (unpaired) electrons. The molecule has 6 nitrogen and oxygen atoms in total. The number of rotatable bonds is 7. The molecule has 1 N–H and O–H groups in total. The third-order valence-electron chi connectivity index (χ3n) is 8.91. The van der Waals surface area contributed by atoms with Gasteiger partial charge in [-0.3, -0.25) is 19.7 Å². The maximum Gasteiger partial charge on any atom is 0.277 e. The Bertz CT molecular complexity index is 1510. The summed E-state index contributed by atoms with van der Waals surface area (Å²) in [6.45, 7) is 14.4. The molecule has 2 aromatic heterocycles. The molecule has 0 spiro atoms. The zero-order valence-corrected chi connectivity index (χ0v) is 24.5. The van der Waals surface area contributed by atoms with Crippen molar-refractivity contribution in [2.45, 2.75) is 84.3 Å². The van der Waals surface area contributed by atoms with E-state index < -0.39 is 0 Å². The fraction of sp³-hybridized carbons (Fsp3) is 0.471. The number of fused-ring (bicyclic) bond motifs is 2. The van der Waals surface area contributed by atoms with Crippen LogP contribution < -0.4 is 5.56 Å². The Morgan fingerprint density at radius 2 is 1.50 bits per heavy atom. The van der Waals surface area contributed by atoms with Gasteiger partial charge in [-0.1, -0.05) is 76.2 Å². The van der Waals surface area contributed by atoms with Gasteiger partial charge in [-0.2, -0.15) is 0 Å². The van der Waals surface area contributed by atoms with Gasteiger partial charge in [0.2, 0.25) is 0 Å². The molecular formula is C34H43N5O. The average Bonchev–Trinajstić information content (AvgIpc) is 3.39. The Morgan fingerprint density at radius 1 is 0.875 bits per heavy atom. The van der Waals surface area contributed by atoms with Gasteiger partial charge in [0.05, 0.1) is 11.3 Å². The van der Waals surface area contributed by atoms with Gasteiger partial charge >= 0.3 is 0 Å². The standard InChI is InChI=1S/C34H43N5O/c1-23(2)27-11-7-25(8-12-27)19-37-16-5-6-29(21-37)32-18-33-35-31-15-17-38(22-30(31)34(40)39(33)36-32)20-26-9-13-28(14-10-26)24(3)4/h7-14,18,23-24,29,36H,5-6,15-17,19-22H2,1-4H3. The van der Waals surface area contributed by atoms with Crippen LogP contribution in [-0.4, -0.2) is 44.0 Å². The third-order valence-corrected chi connectivity index (χ3v) is 8.91. The van der Waals surface area contributed by atoms with Crippen molar-refractivity contribution < 1.29 is 0 Å². The molecule has 2 aliphatic rings. The summed E-state index contributed by atoms with van der Waals surface area (Å²) in [5, 5.41) is 3.47. The fourth-order valence-corrected chi connectivity index (χ4v) is 6.39. The van der Waals surface area contributed by atoms with E-state index in [-0.39, 0.29) is 5.56 Å². The summed E-state index contributed by atoms with van der Waals surface area (Å²) >= 11 is 0. The Labute approximate surface area is 238 Å². The van der Waals surface area contributed by atoms with E-state index in [4.69, 9.17) is 4.98 Å². The second-order valence-corrected chi connectivity index (χ2v) is 12.6. The Balaban J connectivity index is 1.16. The second-order valence-electron chi connectivity index (χ2n) is 12.6. The molecule has 6 rings (SSSR count). The lowest BCUT2D eigenvalue weighted by Gasteiger charge is -2.32. The molecule has 4 heterocycles. The van der Waals surface area contributed by atoms with E-state index in [1.165, 1.54) is 22.3 Å². The van der Waals surface area contributed by atoms with Gasteiger partial charge in [0.15, 0.2) is 5.65 Å². The van der Waals surface area contributed by atoms with E-state index in [1.807, 2.05) is 0 Å². The molecule has 2 aliphatic heterocycles. The van der Waals surface area contributed by atoms with Crippen molar-refractivity contribution >= 4 is 5.65 Å². The monoisotopic (exact) mass is 537 g/mol. The van der Waals surface area contributed by atoms with Crippen molar-refractivity contribution in [1.82, 2.24) is 24.4 Å². The highest BCUT2D eigenvalue weighted by atomic mass is 16.1. The quantitative estimate of drug-likeness (QED) is 0.305. The van der Waals surface area contributed by atoms with E-state index >= 15 is 0 Å². The maximum absolute atomic E-state index is 13.6. The van der Waals surface area contributed by atoms with Gasteiger partial charge in [-0.15, -0.1) is 0 Å². The van der Waals surface area contributed by atoms with Gasteiger partial charge < -0.3 is 0 Å². The van der Waals surface area contributed by atoms with Crippen LogP contribution in [0.3, 0.4) is 0 Å². The van der Waals surface area contributed by atoms with Crippen molar-refractivity contribution in [3.05, 3.63) is 104 Å². The first-order chi connectivity index (χ1) is 19.3. The van der Waals surface area contributed by atoms with Crippen LogP contribution in [0.4, 0.5) is 0 Å². The van der Waals surface area contributed by atoms with Crippen LogP contribution in [0.25, 0.3) is 5.65 Å². The zero-order valence-electron chi connectivity index (χ0n) is 24.5. The molecule has 1 saturated heterocycles. The number of H-pyrrole nitrogens is 1. The van der Waals surface area contributed by atoms with E-state index in [1.54, 1.807) is 4.52 Å². The summed E-state index contributed by atoms with van der Waals surface area (Å²) in [5.74, 6) is 1.48. The minimum Gasteiger partial charge on any atom is -0.298 e. The molecule has 4 aromatic rings. The van der Waals surface area contributed by atoms with Gasteiger partial charge in [0.1, 0.15) is 0 Å². The molecule has 6 heteroatoms. The molecule has 1 unspecified atom stereocenters.